The van der Waals surface area contributed by atoms with Crippen molar-refractivity contribution in [2.45, 2.75) is 77.3 Å². The summed E-state index contributed by atoms with van der Waals surface area (Å²) >= 11 is 0. The van der Waals surface area contributed by atoms with Gasteiger partial charge in [-0.25, -0.2) is 0 Å². The molecule has 0 aromatic heterocycles. The number of carbonyl (C=O) groups excluding carboxylic acids is 2. The molecule has 3 rings (SSSR count). The summed E-state index contributed by atoms with van der Waals surface area (Å²) in [4.78, 5) is 31.7. The standard InChI is InChI=1S/C23H41N3O3/c1-18(2)6-9-22(27)24(3)13-14-26(20-10-15-29-16-11-20)21-5-4-12-25(17-21)23(28)19-7-8-19/h18-21H,4-17H2,1-3H3. The van der Waals surface area contributed by atoms with Crippen LogP contribution in [0.15, 0.2) is 0 Å². The zero-order valence-electron chi connectivity index (χ0n) is 18.8. The molecule has 1 aliphatic carbocycles. The first-order chi connectivity index (χ1) is 14.0. The largest absolute Gasteiger partial charge is 0.381 e. The highest BCUT2D eigenvalue weighted by Gasteiger charge is 2.37. The van der Waals surface area contributed by atoms with E-state index in [0.717, 1.165) is 84.3 Å². The molecule has 2 amide bonds. The van der Waals surface area contributed by atoms with E-state index in [9.17, 15) is 9.59 Å². The molecule has 1 saturated carbocycles. The highest BCUT2D eigenvalue weighted by Crippen LogP contribution is 2.33. The third kappa shape index (κ3) is 6.68. The third-order valence-electron chi connectivity index (χ3n) is 6.82. The van der Waals surface area contributed by atoms with Gasteiger partial charge in [-0.15, -0.1) is 0 Å². The number of rotatable bonds is 9. The second kappa shape index (κ2) is 10.8. The maximum Gasteiger partial charge on any atom is 0.225 e. The quantitative estimate of drug-likeness (QED) is 0.590. The molecule has 3 fully saturated rings. The van der Waals surface area contributed by atoms with Crippen LogP contribution in [0.4, 0.5) is 0 Å². The maximum atomic E-state index is 12.6. The van der Waals surface area contributed by atoms with Crippen molar-refractivity contribution in [3.63, 3.8) is 0 Å². The average molecular weight is 408 g/mol. The summed E-state index contributed by atoms with van der Waals surface area (Å²) in [6.07, 6.45) is 8.09. The van der Waals surface area contributed by atoms with Gasteiger partial charge in [0.2, 0.25) is 11.8 Å². The van der Waals surface area contributed by atoms with Gasteiger partial charge in [0, 0.05) is 70.9 Å². The van der Waals surface area contributed by atoms with E-state index in [4.69, 9.17) is 4.74 Å². The highest BCUT2D eigenvalue weighted by atomic mass is 16.5. The van der Waals surface area contributed by atoms with Crippen molar-refractivity contribution in [1.29, 1.82) is 0 Å². The van der Waals surface area contributed by atoms with Gasteiger partial charge in [-0.2, -0.15) is 0 Å². The molecule has 1 atom stereocenters. The van der Waals surface area contributed by atoms with Crippen LogP contribution in [0.3, 0.4) is 0 Å². The summed E-state index contributed by atoms with van der Waals surface area (Å²) in [5, 5.41) is 0. The summed E-state index contributed by atoms with van der Waals surface area (Å²) in [6.45, 7) is 9.41. The molecule has 0 aromatic carbocycles. The van der Waals surface area contributed by atoms with E-state index in [-0.39, 0.29) is 5.91 Å². The van der Waals surface area contributed by atoms with E-state index in [0.29, 0.717) is 36.2 Å². The predicted octanol–water partition coefficient (Wildman–Crippen LogP) is 2.76. The minimum absolute atomic E-state index is 0.250. The molecule has 6 nitrogen and oxygen atoms in total. The molecular weight excluding hydrogens is 366 g/mol. The fourth-order valence-electron chi connectivity index (χ4n) is 4.69. The summed E-state index contributed by atoms with van der Waals surface area (Å²) in [5.41, 5.74) is 0. The van der Waals surface area contributed by atoms with Crippen LogP contribution in [0.1, 0.15) is 65.2 Å². The summed E-state index contributed by atoms with van der Waals surface area (Å²) in [7, 11) is 1.94. The van der Waals surface area contributed by atoms with Crippen molar-refractivity contribution in [1.82, 2.24) is 14.7 Å². The lowest BCUT2D eigenvalue weighted by Gasteiger charge is -2.44. The van der Waals surface area contributed by atoms with E-state index in [1.807, 2.05) is 11.9 Å². The lowest BCUT2D eigenvalue weighted by atomic mass is 9.98. The molecule has 1 unspecified atom stereocenters. The number of hydrogen-bond acceptors (Lipinski definition) is 4. The molecule has 0 radical (unpaired) electrons. The van der Waals surface area contributed by atoms with Gasteiger partial charge in [0.15, 0.2) is 0 Å². The molecule has 2 heterocycles. The molecule has 0 N–H and O–H groups in total. The van der Waals surface area contributed by atoms with Crippen LogP contribution in [0.2, 0.25) is 0 Å². The Kier molecular flexibility index (Phi) is 8.36. The van der Waals surface area contributed by atoms with Gasteiger partial charge < -0.3 is 14.5 Å². The van der Waals surface area contributed by atoms with E-state index in [2.05, 4.69) is 23.6 Å². The Morgan fingerprint density at radius 2 is 1.76 bits per heavy atom. The van der Waals surface area contributed by atoms with Gasteiger partial charge >= 0.3 is 0 Å². The van der Waals surface area contributed by atoms with E-state index in [1.165, 1.54) is 0 Å². The highest BCUT2D eigenvalue weighted by molar-refractivity contribution is 5.81. The number of piperidine rings is 1. The molecule has 166 valence electrons. The van der Waals surface area contributed by atoms with Crippen molar-refractivity contribution in [3.05, 3.63) is 0 Å². The molecule has 2 saturated heterocycles. The second-order valence-corrected chi connectivity index (χ2v) is 9.68. The number of amides is 2. The van der Waals surface area contributed by atoms with Gasteiger partial charge in [-0.05, 0) is 50.9 Å². The number of nitrogens with zero attached hydrogens (tertiary/aromatic N) is 3. The van der Waals surface area contributed by atoms with Crippen LogP contribution < -0.4 is 0 Å². The van der Waals surface area contributed by atoms with Crippen molar-refractivity contribution in [2.75, 3.05) is 46.4 Å². The Balaban J connectivity index is 1.58. The smallest absolute Gasteiger partial charge is 0.225 e. The summed E-state index contributed by atoms with van der Waals surface area (Å²) < 4.78 is 5.60. The summed E-state index contributed by atoms with van der Waals surface area (Å²) in [6, 6.07) is 0.914. The van der Waals surface area contributed by atoms with Crippen molar-refractivity contribution in [2.24, 2.45) is 11.8 Å². The average Bonchev–Trinajstić information content (AvgIpc) is 3.58. The fraction of sp³-hybridized carbons (Fsp3) is 0.913. The van der Waals surface area contributed by atoms with E-state index < -0.39 is 0 Å². The molecule has 0 spiro atoms. The second-order valence-electron chi connectivity index (χ2n) is 9.68. The van der Waals surface area contributed by atoms with Crippen molar-refractivity contribution < 1.29 is 14.3 Å². The third-order valence-corrected chi connectivity index (χ3v) is 6.82. The topological polar surface area (TPSA) is 53.1 Å². The first-order valence-corrected chi connectivity index (χ1v) is 11.8. The van der Waals surface area contributed by atoms with Crippen molar-refractivity contribution in [3.8, 4) is 0 Å². The molecule has 3 aliphatic rings. The minimum Gasteiger partial charge on any atom is -0.381 e. The van der Waals surface area contributed by atoms with Crippen LogP contribution in [0.5, 0.6) is 0 Å². The summed E-state index contributed by atoms with van der Waals surface area (Å²) in [5.74, 6) is 1.49. The Morgan fingerprint density at radius 3 is 2.41 bits per heavy atom. The van der Waals surface area contributed by atoms with Crippen LogP contribution in [0.25, 0.3) is 0 Å². The van der Waals surface area contributed by atoms with Crippen LogP contribution >= 0.6 is 0 Å². The minimum atomic E-state index is 0.250. The number of carbonyl (C=O) groups is 2. The number of hydrogen-bond donors (Lipinski definition) is 0. The number of likely N-dealkylation sites (N-methyl/N-ethyl adjacent to an activating group) is 1. The molecule has 0 aromatic rings. The van der Waals surface area contributed by atoms with Crippen LogP contribution in [0, 0.1) is 11.8 Å². The van der Waals surface area contributed by atoms with E-state index in [1.54, 1.807) is 0 Å². The Hall–Kier alpha value is -1.14. The van der Waals surface area contributed by atoms with E-state index >= 15 is 0 Å². The molecule has 6 heteroatoms. The molecular formula is C23H41N3O3. The predicted molar refractivity (Wildman–Crippen MR) is 115 cm³/mol. The molecule has 2 aliphatic heterocycles. The van der Waals surface area contributed by atoms with Gasteiger partial charge in [0.25, 0.3) is 0 Å². The Bertz CT molecular complexity index is 543. The number of ether oxygens (including phenoxy) is 1. The lowest BCUT2D eigenvalue weighted by Crippen LogP contribution is -2.55. The monoisotopic (exact) mass is 407 g/mol. The first-order valence-electron chi connectivity index (χ1n) is 11.8. The van der Waals surface area contributed by atoms with Crippen molar-refractivity contribution >= 4 is 11.8 Å². The zero-order valence-corrected chi connectivity index (χ0v) is 18.8. The van der Waals surface area contributed by atoms with Gasteiger partial charge in [0.1, 0.15) is 0 Å². The Labute approximate surface area is 176 Å². The van der Waals surface area contributed by atoms with Gasteiger partial charge in [-0.3, -0.25) is 14.5 Å². The zero-order chi connectivity index (χ0) is 20.8. The maximum absolute atomic E-state index is 12.6. The Morgan fingerprint density at radius 1 is 1.03 bits per heavy atom. The normalized spacial score (nSPS) is 23.6. The first kappa shape index (κ1) is 22.5. The molecule has 0 bridgehead atoms. The fourth-order valence-corrected chi connectivity index (χ4v) is 4.69. The molecule has 29 heavy (non-hydrogen) atoms. The van der Waals surface area contributed by atoms with Crippen LogP contribution in [-0.4, -0.2) is 85.0 Å². The van der Waals surface area contributed by atoms with Crippen LogP contribution in [-0.2, 0) is 14.3 Å². The number of likely N-dealkylation sites (tertiary alicyclic amines) is 1. The SMILES string of the molecule is CC(C)CCC(=O)N(C)CCN(C1CCOCC1)C1CCCN(C(=O)C2CC2)C1. The van der Waals surface area contributed by atoms with Gasteiger partial charge in [0.05, 0.1) is 0 Å². The van der Waals surface area contributed by atoms with Gasteiger partial charge in [-0.1, -0.05) is 13.8 Å². The lowest BCUT2D eigenvalue weighted by molar-refractivity contribution is -0.135.